The van der Waals surface area contributed by atoms with Gasteiger partial charge in [-0.25, -0.2) is 9.69 Å². The Bertz CT molecular complexity index is 472. The molecule has 10 heteroatoms. The van der Waals surface area contributed by atoms with Crippen LogP contribution >= 0.6 is 11.8 Å². The van der Waals surface area contributed by atoms with E-state index < -0.39 is 23.2 Å². The van der Waals surface area contributed by atoms with Crippen molar-refractivity contribution in [2.24, 2.45) is 5.16 Å². The Balaban J connectivity index is 2.59. The van der Waals surface area contributed by atoms with Crippen molar-refractivity contribution in [3.05, 3.63) is 0 Å². The minimum absolute atomic E-state index is 0.0545. The van der Waals surface area contributed by atoms with E-state index in [0.717, 1.165) is 4.90 Å². The van der Waals surface area contributed by atoms with Gasteiger partial charge >= 0.3 is 6.09 Å². The van der Waals surface area contributed by atoms with Crippen LogP contribution < -0.4 is 0 Å². The zero-order chi connectivity index (χ0) is 16.7. The van der Waals surface area contributed by atoms with Crippen molar-refractivity contribution in [1.82, 2.24) is 9.80 Å². The number of hydrogen-bond acceptors (Lipinski definition) is 7. The largest absolute Gasteiger partial charge is 0.616 e. The molecule has 0 N–H and O–H groups in total. The van der Waals surface area contributed by atoms with E-state index in [1.165, 1.54) is 30.6 Å². The zero-order valence-electron chi connectivity index (χ0n) is 12.7. The lowest BCUT2D eigenvalue weighted by Crippen LogP contribution is -2.44. The summed E-state index contributed by atoms with van der Waals surface area (Å²) in [5.74, 6) is 0.725. The van der Waals surface area contributed by atoms with Gasteiger partial charge in [-0.2, -0.15) is 0 Å². The Labute approximate surface area is 136 Å². The fourth-order valence-electron chi connectivity index (χ4n) is 1.46. The number of carbonyl (C=O) groups excluding carboxylic acids is 3. The quantitative estimate of drug-likeness (QED) is 0.401. The molecule has 0 bridgehead atoms. The van der Waals surface area contributed by atoms with Gasteiger partial charge in [-0.05, 0) is 6.92 Å². The van der Waals surface area contributed by atoms with Crippen molar-refractivity contribution in [3.8, 4) is 0 Å². The number of imide groups is 1. The summed E-state index contributed by atoms with van der Waals surface area (Å²) in [6, 6.07) is 0. The van der Waals surface area contributed by atoms with Crippen LogP contribution in [0.2, 0.25) is 0 Å². The molecule has 0 aliphatic carbocycles. The Morgan fingerprint density at radius 3 is 2.82 bits per heavy atom. The predicted octanol–water partition coefficient (Wildman–Crippen LogP) is 0.259. The molecule has 0 aromatic rings. The Morgan fingerprint density at radius 2 is 2.23 bits per heavy atom. The third kappa shape index (κ3) is 5.50. The molecule has 1 atom stereocenters. The maximum Gasteiger partial charge on any atom is 0.442 e. The summed E-state index contributed by atoms with van der Waals surface area (Å²) in [6.07, 6.45) is -0.947. The second-order valence-corrected chi connectivity index (χ2v) is 7.35. The molecule has 8 nitrogen and oxygen atoms in total. The molecule has 0 spiro atoms. The fraction of sp³-hybridized carbons (Fsp3) is 0.667. The van der Waals surface area contributed by atoms with Gasteiger partial charge in [-0.1, -0.05) is 28.1 Å². The van der Waals surface area contributed by atoms with Crippen LogP contribution in [0.5, 0.6) is 0 Å². The van der Waals surface area contributed by atoms with Crippen LogP contribution in [0, 0.1) is 0 Å². The lowest BCUT2D eigenvalue weighted by atomic mass is 10.4. The van der Waals surface area contributed by atoms with Gasteiger partial charge in [-0.3, -0.25) is 14.4 Å². The highest BCUT2D eigenvalue weighted by molar-refractivity contribution is 8.15. The second-order valence-electron chi connectivity index (χ2n) is 4.40. The molecule has 0 radical (unpaired) electrons. The van der Waals surface area contributed by atoms with E-state index >= 15 is 0 Å². The normalized spacial score (nSPS) is 18.3. The number of thioether (sulfide) groups is 1. The SMILES string of the molecule is CC[S+]([O-])CCN1CCSC(=NOC(=O)N(C)C(C)=O)C1=O. The fourth-order valence-corrected chi connectivity index (χ4v) is 3.02. The van der Waals surface area contributed by atoms with Gasteiger partial charge in [0, 0.05) is 26.3 Å². The molecule has 1 unspecified atom stereocenters. The number of nitrogens with zero attached hydrogens (tertiary/aromatic N) is 3. The van der Waals surface area contributed by atoms with Gasteiger partial charge in [0.25, 0.3) is 5.91 Å². The molecule has 22 heavy (non-hydrogen) atoms. The molecule has 1 saturated heterocycles. The Hall–Kier alpha value is -1.26. The van der Waals surface area contributed by atoms with E-state index in [4.69, 9.17) is 0 Å². The van der Waals surface area contributed by atoms with Crippen molar-refractivity contribution in [2.45, 2.75) is 13.8 Å². The number of amides is 3. The van der Waals surface area contributed by atoms with Gasteiger partial charge in [0.1, 0.15) is 11.5 Å². The van der Waals surface area contributed by atoms with Gasteiger partial charge in [0.15, 0.2) is 0 Å². The summed E-state index contributed by atoms with van der Waals surface area (Å²) in [5.41, 5.74) is 0. The minimum Gasteiger partial charge on any atom is -0.616 e. The summed E-state index contributed by atoms with van der Waals surface area (Å²) in [4.78, 5) is 41.5. The van der Waals surface area contributed by atoms with Crippen molar-refractivity contribution in [3.63, 3.8) is 0 Å². The van der Waals surface area contributed by atoms with E-state index in [1.54, 1.807) is 0 Å². The maximum atomic E-state index is 12.1. The van der Waals surface area contributed by atoms with Gasteiger partial charge in [0.05, 0.1) is 6.54 Å². The summed E-state index contributed by atoms with van der Waals surface area (Å²) in [7, 11) is 1.26. The highest BCUT2D eigenvalue weighted by Gasteiger charge is 2.27. The molecule has 3 amide bonds. The second kappa shape index (κ2) is 9.01. The number of rotatable bonds is 5. The lowest BCUT2D eigenvalue weighted by molar-refractivity contribution is -0.126. The van der Waals surface area contributed by atoms with Crippen molar-refractivity contribution < 1.29 is 23.8 Å². The van der Waals surface area contributed by atoms with E-state index in [1.807, 2.05) is 6.92 Å². The third-order valence-electron chi connectivity index (χ3n) is 2.93. The van der Waals surface area contributed by atoms with E-state index in [2.05, 4.69) is 9.99 Å². The topological polar surface area (TPSA) is 102 Å². The first kappa shape index (κ1) is 18.8. The minimum atomic E-state index is -0.947. The molecule has 1 rings (SSSR count). The molecule has 0 saturated carbocycles. The molecule has 1 heterocycles. The molecule has 1 aliphatic rings. The molecular formula is C12H19N3O5S2. The van der Waals surface area contributed by atoms with Crippen LogP contribution in [-0.2, 0) is 25.6 Å². The summed E-state index contributed by atoms with van der Waals surface area (Å²) in [6.45, 7) is 3.94. The monoisotopic (exact) mass is 349 g/mol. The first-order chi connectivity index (χ1) is 10.4. The standard InChI is InChI=1S/C12H19N3O5S2/c1-4-22(19)8-6-15-5-7-21-10(11(15)17)13-20-12(18)14(3)9(2)16/h4-8H2,1-3H3. The van der Waals surface area contributed by atoms with Crippen LogP contribution in [0.25, 0.3) is 0 Å². The summed E-state index contributed by atoms with van der Waals surface area (Å²) < 4.78 is 11.4. The summed E-state index contributed by atoms with van der Waals surface area (Å²) >= 11 is 0.232. The first-order valence-corrected chi connectivity index (χ1v) is 9.14. The van der Waals surface area contributed by atoms with Gasteiger partial charge in [-0.15, -0.1) is 0 Å². The van der Waals surface area contributed by atoms with E-state index in [-0.39, 0.29) is 11.0 Å². The van der Waals surface area contributed by atoms with Crippen molar-refractivity contribution >= 4 is 45.9 Å². The predicted molar refractivity (Wildman–Crippen MR) is 84.9 cm³/mol. The van der Waals surface area contributed by atoms with Gasteiger partial charge in [0.2, 0.25) is 11.0 Å². The average Bonchev–Trinajstić information content (AvgIpc) is 2.51. The Kier molecular flexibility index (Phi) is 7.69. The summed E-state index contributed by atoms with van der Waals surface area (Å²) in [5, 5.41) is 3.59. The smallest absolute Gasteiger partial charge is 0.442 e. The van der Waals surface area contributed by atoms with Crippen LogP contribution in [0.1, 0.15) is 13.8 Å². The lowest BCUT2D eigenvalue weighted by Gasteiger charge is -2.26. The van der Waals surface area contributed by atoms with E-state index in [9.17, 15) is 18.9 Å². The van der Waals surface area contributed by atoms with Gasteiger partial charge < -0.3 is 9.45 Å². The van der Waals surface area contributed by atoms with Crippen molar-refractivity contribution in [2.75, 3.05) is 37.4 Å². The molecular weight excluding hydrogens is 330 g/mol. The molecule has 1 aliphatic heterocycles. The van der Waals surface area contributed by atoms with Crippen LogP contribution in [0.15, 0.2) is 5.16 Å². The Morgan fingerprint density at radius 1 is 1.55 bits per heavy atom. The highest BCUT2D eigenvalue weighted by Crippen LogP contribution is 2.15. The molecule has 124 valence electrons. The van der Waals surface area contributed by atoms with Crippen LogP contribution in [0.4, 0.5) is 4.79 Å². The number of carbonyl (C=O) groups is 3. The highest BCUT2D eigenvalue weighted by atomic mass is 32.2. The van der Waals surface area contributed by atoms with Crippen LogP contribution in [0.3, 0.4) is 0 Å². The number of oxime groups is 1. The molecule has 0 aromatic carbocycles. The maximum absolute atomic E-state index is 12.1. The molecule has 1 fully saturated rings. The zero-order valence-corrected chi connectivity index (χ0v) is 14.4. The van der Waals surface area contributed by atoms with Crippen LogP contribution in [-0.4, -0.2) is 74.7 Å². The third-order valence-corrected chi connectivity index (χ3v) is 5.13. The van der Waals surface area contributed by atoms with Crippen molar-refractivity contribution in [1.29, 1.82) is 0 Å². The average molecular weight is 349 g/mol. The number of hydrogen-bond donors (Lipinski definition) is 0. The van der Waals surface area contributed by atoms with E-state index in [0.29, 0.717) is 30.3 Å². The first-order valence-electron chi connectivity index (χ1n) is 6.67. The molecule has 0 aromatic heterocycles.